The van der Waals surface area contributed by atoms with Gasteiger partial charge >= 0.3 is 0 Å². The van der Waals surface area contributed by atoms with Crippen LogP contribution >= 0.6 is 0 Å². The van der Waals surface area contributed by atoms with E-state index in [0.717, 1.165) is 12.1 Å². The topological polar surface area (TPSA) is 28.2 Å². The first-order valence-electron chi connectivity index (χ1n) is 4.00. The molecule has 2 heteroatoms. The minimum atomic E-state index is 0.729. The molecule has 0 saturated heterocycles. The molecule has 1 aromatic carbocycles. The molecular formula is C10H13N2+. The second-order valence-corrected chi connectivity index (χ2v) is 3.19. The van der Waals surface area contributed by atoms with Crippen LogP contribution in [0.4, 0.5) is 0 Å². The normalized spacial score (nSPS) is 9.83. The van der Waals surface area contributed by atoms with Crippen LogP contribution < -0.4 is 4.90 Å². The highest BCUT2D eigenvalue weighted by atomic mass is 15.0. The zero-order valence-corrected chi connectivity index (χ0v) is 7.46. The van der Waals surface area contributed by atoms with Crippen molar-refractivity contribution >= 4 is 0 Å². The zero-order valence-electron chi connectivity index (χ0n) is 7.46. The van der Waals surface area contributed by atoms with Gasteiger partial charge in [-0.05, 0) is 12.1 Å². The van der Waals surface area contributed by atoms with Crippen LogP contribution in [0, 0.1) is 11.3 Å². The first-order chi connectivity index (χ1) is 5.72. The number of rotatable bonds is 2. The van der Waals surface area contributed by atoms with E-state index in [2.05, 4.69) is 20.2 Å². The Morgan fingerprint density at radius 2 is 1.83 bits per heavy atom. The van der Waals surface area contributed by atoms with Gasteiger partial charge in [-0.15, -0.1) is 0 Å². The van der Waals surface area contributed by atoms with Crippen molar-refractivity contribution in [3.63, 3.8) is 0 Å². The fourth-order valence-corrected chi connectivity index (χ4v) is 1.11. The Bertz CT molecular complexity index is 280. The van der Waals surface area contributed by atoms with Gasteiger partial charge in [0.25, 0.3) is 0 Å². The summed E-state index contributed by atoms with van der Waals surface area (Å²) in [4.78, 5) is 1.39. The highest BCUT2D eigenvalue weighted by Crippen LogP contribution is 2.01. The minimum Gasteiger partial charge on any atom is -0.336 e. The molecule has 0 amide bonds. The third-order valence-electron chi connectivity index (χ3n) is 1.64. The van der Waals surface area contributed by atoms with Crippen LogP contribution in [-0.2, 0) is 6.54 Å². The van der Waals surface area contributed by atoms with E-state index < -0.39 is 0 Å². The van der Waals surface area contributed by atoms with Gasteiger partial charge in [-0.25, -0.2) is 0 Å². The van der Waals surface area contributed by atoms with Crippen molar-refractivity contribution in [2.24, 2.45) is 0 Å². The molecule has 0 aromatic heterocycles. The molecule has 0 fully saturated rings. The van der Waals surface area contributed by atoms with Gasteiger partial charge in [0.05, 0.1) is 25.7 Å². The van der Waals surface area contributed by atoms with Crippen molar-refractivity contribution in [3.05, 3.63) is 35.4 Å². The molecule has 1 aromatic rings. The summed E-state index contributed by atoms with van der Waals surface area (Å²) in [6.45, 7) is 1.01. The van der Waals surface area contributed by atoms with Crippen molar-refractivity contribution in [3.8, 4) is 6.07 Å². The van der Waals surface area contributed by atoms with Crippen molar-refractivity contribution in [1.82, 2.24) is 0 Å². The SMILES string of the molecule is C[NH+](C)Cc1ccc(C#N)cc1. The van der Waals surface area contributed by atoms with Gasteiger partial charge in [0.2, 0.25) is 0 Å². The Morgan fingerprint density at radius 1 is 1.25 bits per heavy atom. The van der Waals surface area contributed by atoms with Gasteiger partial charge in [0.1, 0.15) is 6.54 Å². The van der Waals surface area contributed by atoms with Gasteiger partial charge in [-0.3, -0.25) is 0 Å². The average Bonchev–Trinajstić information content (AvgIpc) is 2.05. The zero-order chi connectivity index (χ0) is 8.97. The maximum Gasteiger partial charge on any atom is 0.102 e. The Morgan fingerprint density at radius 3 is 2.25 bits per heavy atom. The number of nitrogens with zero attached hydrogens (tertiary/aromatic N) is 1. The number of hydrogen-bond acceptors (Lipinski definition) is 1. The number of benzene rings is 1. The molecule has 12 heavy (non-hydrogen) atoms. The summed E-state index contributed by atoms with van der Waals surface area (Å²) in [5.41, 5.74) is 2.00. The predicted molar refractivity (Wildman–Crippen MR) is 47.7 cm³/mol. The molecule has 0 aliphatic heterocycles. The molecule has 0 heterocycles. The Hall–Kier alpha value is -1.33. The van der Waals surface area contributed by atoms with E-state index >= 15 is 0 Å². The fourth-order valence-electron chi connectivity index (χ4n) is 1.11. The van der Waals surface area contributed by atoms with Crippen LogP contribution in [-0.4, -0.2) is 14.1 Å². The average molecular weight is 161 g/mol. The third kappa shape index (κ3) is 2.37. The van der Waals surface area contributed by atoms with Crippen molar-refractivity contribution in [2.75, 3.05) is 14.1 Å². The molecule has 0 atom stereocenters. The van der Waals surface area contributed by atoms with Gasteiger partial charge in [-0.2, -0.15) is 5.26 Å². The Balaban J connectivity index is 2.73. The lowest BCUT2D eigenvalue weighted by Gasteiger charge is -2.06. The molecule has 0 unspecified atom stereocenters. The third-order valence-corrected chi connectivity index (χ3v) is 1.64. The van der Waals surface area contributed by atoms with Gasteiger partial charge < -0.3 is 4.90 Å². The Kier molecular flexibility index (Phi) is 2.84. The second-order valence-electron chi connectivity index (χ2n) is 3.19. The number of hydrogen-bond donors (Lipinski definition) is 1. The molecule has 0 bridgehead atoms. The lowest BCUT2D eigenvalue weighted by molar-refractivity contribution is -0.872. The van der Waals surface area contributed by atoms with Crippen molar-refractivity contribution < 1.29 is 4.90 Å². The highest BCUT2D eigenvalue weighted by Gasteiger charge is 1.97. The summed E-state index contributed by atoms with van der Waals surface area (Å²) in [6, 6.07) is 9.83. The van der Waals surface area contributed by atoms with Crippen LogP contribution in [0.5, 0.6) is 0 Å². The van der Waals surface area contributed by atoms with E-state index in [4.69, 9.17) is 5.26 Å². The predicted octanol–water partition coefficient (Wildman–Crippen LogP) is 0.203. The summed E-state index contributed by atoms with van der Waals surface area (Å²) in [5, 5.41) is 8.56. The van der Waals surface area contributed by atoms with E-state index in [0.29, 0.717) is 0 Å². The van der Waals surface area contributed by atoms with E-state index in [9.17, 15) is 0 Å². The smallest absolute Gasteiger partial charge is 0.102 e. The molecule has 0 radical (unpaired) electrons. The number of nitrogens with one attached hydrogen (secondary N) is 1. The van der Waals surface area contributed by atoms with Crippen LogP contribution in [0.2, 0.25) is 0 Å². The largest absolute Gasteiger partial charge is 0.336 e. The molecule has 1 N–H and O–H groups in total. The maximum absolute atomic E-state index is 8.56. The molecule has 0 saturated carbocycles. The second kappa shape index (κ2) is 3.89. The van der Waals surface area contributed by atoms with E-state index in [1.807, 2.05) is 24.3 Å². The molecule has 62 valence electrons. The van der Waals surface area contributed by atoms with Crippen LogP contribution in [0.3, 0.4) is 0 Å². The summed E-state index contributed by atoms with van der Waals surface area (Å²) in [5.74, 6) is 0. The van der Waals surface area contributed by atoms with Crippen molar-refractivity contribution in [1.29, 1.82) is 5.26 Å². The summed E-state index contributed by atoms with van der Waals surface area (Å²) < 4.78 is 0. The monoisotopic (exact) mass is 161 g/mol. The lowest BCUT2D eigenvalue weighted by atomic mass is 10.1. The first kappa shape index (κ1) is 8.76. The molecule has 0 aliphatic carbocycles. The lowest BCUT2D eigenvalue weighted by Crippen LogP contribution is -3.04. The molecule has 0 spiro atoms. The number of quaternary nitrogens is 1. The number of nitriles is 1. The molecular weight excluding hydrogens is 148 g/mol. The van der Waals surface area contributed by atoms with E-state index in [-0.39, 0.29) is 0 Å². The van der Waals surface area contributed by atoms with Crippen molar-refractivity contribution in [2.45, 2.75) is 6.54 Å². The standard InChI is InChI=1S/C10H12N2/c1-12(2)8-10-5-3-9(7-11)4-6-10/h3-6H,8H2,1-2H3/p+1. The molecule has 0 aliphatic rings. The first-order valence-corrected chi connectivity index (χ1v) is 4.00. The molecule has 2 nitrogen and oxygen atoms in total. The molecule has 1 rings (SSSR count). The van der Waals surface area contributed by atoms with Crippen LogP contribution in [0.15, 0.2) is 24.3 Å². The van der Waals surface area contributed by atoms with Gasteiger partial charge in [0, 0.05) is 5.56 Å². The Labute approximate surface area is 73.0 Å². The van der Waals surface area contributed by atoms with Gasteiger partial charge in [0.15, 0.2) is 0 Å². The summed E-state index contributed by atoms with van der Waals surface area (Å²) in [7, 11) is 4.22. The van der Waals surface area contributed by atoms with E-state index in [1.165, 1.54) is 10.5 Å². The maximum atomic E-state index is 8.56. The fraction of sp³-hybridized carbons (Fsp3) is 0.300. The summed E-state index contributed by atoms with van der Waals surface area (Å²) >= 11 is 0. The minimum absolute atomic E-state index is 0.729. The summed E-state index contributed by atoms with van der Waals surface area (Å²) in [6.07, 6.45) is 0. The van der Waals surface area contributed by atoms with E-state index in [1.54, 1.807) is 0 Å². The van der Waals surface area contributed by atoms with Gasteiger partial charge in [-0.1, -0.05) is 12.1 Å². The van der Waals surface area contributed by atoms with Crippen LogP contribution in [0.25, 0.3) is 0 Å². The quantitative estimate of drug-likeness (QED) is 0.659. The van der Waals surface area contributed by atoms with Crippen LogP contribution in [0.1, 0.15) is 11.1 Å². The highest BCUT2D eigenvalue weighted by molar-refractivity contribution is 5.31.